The Balaban J connectivity index is 1.20. The number of nitrogens with zero attached hydrogens (tertiary/aromatic N) is 10. The van der Waals surface area contributed by atoms with Crippen LogP contribution in [0.5, 0.6) is 17.4 Å². The summed E-state index contributed by atoms with van der Waals surface area (Å²) in [5.74, 6) is -1.80. The summed E-state index contributed by atoms with van der Waals surface area (Å²) in [6.07, 6.45) is -0.148. The topological polar surface area (TPSA) is 364 Å². The van der Waals surface area contributed by atoms with Gasteiger partial charge in [-0.2, -0.15) is 22.1 Å². The van der Waals surface area contributed by atoms with Gasteiger partial charge in [-0.25, -0.2) is 20.5 Å². The van der Waals surface area contributed by atoms with E-state index in [4.69, 9.17) is 15.3 Å². The highest BCUT2D eigenvalue weighted by molar-refractivity contribution is 7.95. The molecule has 6 N–H and O–H groups in total. The van der Waals surface area contributed by atoms with Crippen molar-refractivity contribution < 1.29 is 70.1 Å². The molecular weight excluding hydrogens is 1020 g/mol. The molecule has 0 spiro atoms. The lowest BCUT2D eigenvalue weighted by atomic mass is 10.1. The van der Waals surface area contributed by atoms with Gasteiger partial charge in [0.25, 0.3) is 20.2 Å². The Kier molecular flexibility index (Phi) is 14.6. The van der Waals surface area contributed by atoms with E-state index in [0.29, 0.717) is 43.8 Å². The van der Waals surface area contributed by atoms with Crippen LogP contribution in [0.3, 0.4) is 0 Å². The van der Waals surface area contributed by atoms with Crippen molar-refractivity contribution in [3.8, 4) is 23.4 Å². The zero-order valence-corrected chi connectivity index (χ0v) is 39.5. The third-order valence-electron chi connectivity index (χ3n) is 9.96. The average Bonchev–Trinajstić information content (AvgIpc) is 3.92. The van der Waals surface area contributed by atoms with Crippen LogP contribution < -0.4 is 4.74 Å². The molecule has 0 unspecified atom stereocenters. The molecule has 0 amide bonds. The lowest BCUT2D eigenvalue weighted by Crippen LogP contribution is -2.08. The molecule has 0 saturated heterocycles. The van der Waals surface area contributed by atoms with Crippen LogP contribution in [0.1, 0.15) is 23.1 Å². The van der Waals surface area contributed by atoms with Gasteiger partial charge in [0.1, 0.15) is 39.3 Å². The van der Waals surface area contributed by atoms with Gasteiger partial charge in [-0.15, -0.1) is 39.4 Å². The second-order valence-electron chi connectivity index (χ2n) is 14.4. The Bertz CT molecular complexity index is 3750. The van der Waals surface area contributed by atoms with E-state index in [1.807, 2.05) is 6.07 Å². The summed E-state index contributed by atoms with van der Waals surface area (Å²) < 4.78 is 85.1. The summed E-state index contributed by atoms with van der Waals surface area (Å²) in [6.45, 7) is 2.88. The molecule has 25 nitrogen and oxygen atoms in total. The van der Waals surface area contributed by atoms with Gasteiger partial charge >= 0.3 is 0 Å². The second kappa shape index (κ2) is 20.6. The first-order chi connectivity index (χ1) is 33.5. The molecule has 0 aliphatic rings. The molecule has 360 valence electrons. The molecule has 30 heteroatoms. The first kappa shape index (κ1) is 49.6. The molecule has 0 atom stereocenters. The number of fused-ring (bicyclic) bond motifs is 5. The Hall–Kier alpha value is -6.83. The van der Waals surface area contributed by atoms with E-state index in [9.17, 15) is 41.4 Å². The Labute approximate surface area is 405 Å². The summed E-state index contributed by atoms with van der Waals surface area (Å²) in [5.41, 5.74) is 1.37. The summed E-state index contributed by atoms with van der Waals surface area (Å²) in [4.78, 5) is 8.59. The fourth-order valence-electron chi connectivity index (χ4n) is 6.81. The summed E-state index contributed by atoms with van der Waals surface area (Å²) >= 11 is 2.28. The minimum Gasteiger partial charge on any atom is -0.505 e. The average molecular weight is 1050 g/mol. The van der Waals surface area contributed by atoms with Crippen LogP contribution in [-0.2, 0) is 39.0 Å². The number of aryl methyl sites for hydroxylation is 1. The number of thiazole rings is 1. The quantitative estimate of drug-likeness (QED) is 0.0116. The molecule has 70 heavy (non-hydrogen) atoms. The number of nitriles is 1. The fraction of sp³-hybridized carbons (Fsp3) is 0.125. The summed E-state index contributed by atoms with van der Waals surface area (Å²) in [5, 5.41) is 83.6. The van der Waals surface area contributed by atoms with Gasteiger partial charge in [-0.1, -0.05) is 33.5 Å². The first-order valence-corrected chi connectivity index (χ1v) is 24.8. The van der Waals surface area contributed by atoms with Gasteiger partial charge in [0.2, 0.25) is 11.0 Å². The standard InChI is InChI=1S/C40H30N10O15S5/c1-19-12-28(31(61-10-5-11-69(55,56)57)17-27(19)44-49-40-43-26-9-8-22(67-64-62-53)15-32(26)66-40)45-48-36-33(68-65-63-54)13-21-14-34(70(58,59)60)29(16-23(21)37(36)51)46-47-35-20(2)24(18-41)38-42-25-6-3-4-7-30(25)50(38)39(35)52/h3-4,6-9,12-17,51-54H,5,10-11H2,1-2H3,(H,55,56,57)(H,58,59,60). The fourth-order valence-corrected chi connectivity index (χ4v) is 9.73. The highest BCUT2D eigenvalue weighted by Gasteiger charge is 2.24. The predicted molar refractivity (Wildman–Crippen MR) is 250 cm³/mol. The summed E-state index contributed by atoms with van der Waals surface area (Å²) in [6, 6.07) is 20.0. The van der Waals surface area contributed by atoms with Crippen molar-refractivity contribution in [1.82, 2.24) is 14.4 Å². The van der Waals surface area contributed by atoms with Crippen LogP contribution in [0.15, 0.2) is 118 Å². The van der Waals surface area contributed by atoms with Crippen molar-refractivity contribution in [2.75, 3.05) is 12.4 Å². The number of aromatic hydroxyl groups is 2. The number of para-hydroxylation sites is 2. The summed E-state index contributed by atoms with van der Waals surface area (Å²) in [7, 11) is -9.42. The number of hydrogen-bond donors (Lipinski definition) is 6. The maximum absolute atomic E-state index is 12.8. The number of azo groups is 3. The van der Waals surface area contributed by atoms with Crippen LogP contribution >= 0.6 is 35.4 Å². The van der Waals surface area contributed by atoms with Crippen LogP contribution in [0.4, 0.5) is 33.6 Å². The number of pyridine rings is 1. The van der Waals surface area contributed by atoms with E-state index in [0.717, 1.165) is 24.2 Å². The van der Waals surface area contributed by atoms with Gasteiger partial charge in [0.05, 0.1) is 68.3 Å². The molecule has 0 bridgehead atoms. The third-order valence-corrected chi connectivity index (χ3v) is 13.7. The van der Waals surface area contributed by atoms with Gasteiger partial charge in [-0.05, 0) is 85.8 Å². The SMILES string of the molecule is Cc1cc(N=Nc2c(SOOO)cc3cc(S(=O)(=O)O)c(N=Nc4c(C)c(C#N)c5nc6ccccc6n5c4O)cc3c2O)c(OCCCS(=O)(=O)O)cc1N=Nc1nc2ccc(SOOO)cc2s1. The number of hydrogen-bond acceptors (Lipinski definition) is 25. The number of ether oxygens (including phenoxy) is 1. The van der Waals surface area contributed by atoms with E-state index in [-0.39, 0.29) is 79.1 Å². The number of phenols is 1. The van der Waals surface area contributed by atoms with Gasteiger partial charge in [0, 0.05) is 21.9 Å². The van der Waals surface area contributed by atoms with E-state index in [2.05, 4.69) is 59.4 Å². The molecule has 8 aromatic rings. The van der Waals surface area contributed by atoms with E-state index >= 15 is 0 Å². The van der Waals surface area contributed by atoms with Crippen molar-refractivity contribution in [2.45, 2.75) is 35.0 Å². The molecular formula is C40H30N10O15S5. The number of benzene rings is 5. The largest absolute Gasteiger partial charge is 0.505 e. The van der Waals surface area contributed by atoms with E-state index in [1.54, 1.807) is 49.4 Å². The smallest absolute Gasteiger partial charge is 0.296 e. The molecule has 0 saturated carbocycles. The molecule has 0 radical (unpaired) electrons. The minimum atomic E-state index is -5.08. The maximum Gasteiger partial charge on any atom is 0.296 e. The molecule has 8 rings (SSSR count). The zero-order chi connectivity index (χ0) is 49.9. The van der Waals surface area contributed by atoms with Crippen LogP contribution in [0.25, 0.3) is 37.7 Å². The highest BCUT2D eigenvalue weighted by atomic mass is 32.2. The van der Waals surface area contributed by atoms with Crippen molar-refractivity contribution in [2.24, 2.45) is 30.7 Å². The van der Waals surface area contributed by atoms with Crippen LogP contribution in [0, 0.1) is 25.2 Å². The highest BCUT2D eigenvalue weighted by Crippen LogP contribution is 2.48. The third kappa shape index (κ3) is 10.7. The maximum atomic E-state index is 12.8. The van der Waals surface area contributed by atoms with Crippen molar-refractivity contribution in [3.05, 3.63) is 89.5 Å². The van der Waals surface area contributed by atoms with Crippen molar-refractivity contribution in [1.29, 1.82) is 5.26 Å². The lowest BCUT2D eigenvalue weighted by Gasteiger charge is -2.13. The van der Waals surface area contributed by atoms with Gasteiger partial charge in [-0.3, -0.25) is 13.5 Å². The molecule has 0 aliphatic heterocycles. The molecule has 3 heterocycles. The van der Waals surface area contributed by atoms with Gasteiger partial charge < -0.3 is 14.9 Å². The monoisotopic (exact) mass is 1050 g/mol. The Morgan fingerprint density at radius 3 is 2.27 bits per heavy atom. The zero-order valence-electron chi connectivity index (χ0n) is 35.4. The molecule has 5 aromatic carbocycles. The van der Waals surface area contributed by atoms with Crippen molar-refractivity contribution >= 4 is 127 Å². The van der Waals surface area contributed by atoms with Crippen LogP contribution in [-0.4, -0.2) is 73.4 Å². The van der Waals surface area contributed by atoms with E-state index in [1.165, 1.54) is 40.9 Å². The molecule has 3 aromatic heterocycles. The number of phenolic OH excluding ortho intramolecular Hbond substituents is 1. The number of imidazole rings is 1. The Morgan fingerprint density at radius 1 is 0.800 bits per heavy atom. The van der Waals surface area contributed by atoms with E-state index < -0.39 is 48.2 Å². The number of aromatic nitrogens is 3. The lowest BCUT2D eigenvalue weighted by molar-refractivity contribution is -0.432. The Morgan fingerprint density at radius 2 is 1.53 bits per heavy atom. The normalized spacial score (nSPS) is 12.5. The molecule has 0 fully saturated rings. The van der Waals surface area contributed by atoms with Crippen molar-refractivity contribution in [3.63, 3.8) is 0 Å². The predicted octanol–water partition coefficient (Wildman–Crippen LogP) is 11.2. The second-order valence-corrected chi connectivity index (χ2v) is 19.9. The molecule has 0 aliphatic carbocycles. The van der Waals surface area contributed by atoms with Gasteiger partial charge in [0.15, 0.2) is 17.1 Å². The number of rotatable bonds is 18. The minimum absolute atomic E-state index is 0.00272. The van der Waals surface area contributed by atoms with Crippen LogP contribution in [0.2, 0.25) is 0 Å². The first-order valence-electron chi connectivity index (χ1n) is 19.5.